The van der Waals surface area contributed by atoms with E-state index in [-0.39, 0.29) is 5.91 Å². The van der Waals surface area contributed by atoms with Gasteiger partial charge in [0.25, 0.3) is 5.91 Å². The van der Waals surface area contributed by atoms with E-state index in [0.29, 0.717) is 12.8 Å². The Labute approximate surface area is 130 Å². The average molecular weight is 305 g/mol. The van der Waals surface area contributed by atoms with Crippen molar-refractivity contribution in [1.82, 2.24) is 4.90 Å². The second-order valence-electron chi connectivity index (χ2n) is 5.82. The van der Waals surface area contributed by atoms with Crippen molar-refractivity contribution in [2.24, 2.45) is 0 Å². The third-order valence-electron chi connectivity index (χ3n) is 4.61. The van der Waals surface area contributed by atoms with Crippen molar-refractivity contribution in [3.8, 4) is 0 Å². The molecule has 5 heteroatoms. The lowest BCUT2D eigenvalue weighted by Gasteiger charge is -2.42. The molecule has 5 nitrogen and oxygen atoms in total. The predicted molar refractivity (Wildman–Crippen MR) is 82.4 cm³/mol. The molecule has 0 aromatic heterocycles. The lowest BCUT2D eigenvalue weighted by atomic mass is 9.80. The molecule has 1 saturated carbocycles. The first kappa shape index (κ1) is 16.5. The fraction of sp³-hybridized carbons (Fsp3) is 0.529. The van der Waals surface area contributed by atoms with E-state index in [4.69, 9.17) is 4.74 Å². The number of ether oxygens (including phenoxy) is 1. The summed E-state index contributed by atoms with van der Waals surface area (Å²) in [6, 6.07) is 9.16. The highest BCUT2D eigenvalue weighted by molar-refractivity contribution is 5.89. The minimum Gasteiger partial charge on any atom is -0.479 e. The van der Waals surface area contributed by atoms with Crippen molar-refractivity contribution in [2.75, 3.05) is 14.2 Å². The van der Waals surface area contributed by atoms with Crippen LogP contribution in [0, 0.1) is 0 Å². The van der Waals surface area contributed by atoms with E-state index in [1.54, 1.807) is 7.05 Å². The number of carboxylic acids is 1. The van der Waals surface area contributed by atoms with E-state index in [0.717, 1.165) is 24.8 Å². The van der Waals surface area contributed by atoms with E-state index in [1.807, 2.05) is 30.3 Å². The molecule has 1 unspecified atom stereocenters. The monoisotopic (exact) mass is 305 g/mol. The van der Waals surface area contributed by atoms with Gasteiger partial charge in [0.2, 0.25) is 0 Å². The van der Waals surface area contributed by atoms with Crippen molar-refractivity contribution < 1.29 is 19.4 Å². The average Bonchev–Trinajstić information content (AvgIpc) is 2.56. The van der Waals surface area contributed by atoms with Crippen LogP contribution < -0.4 is 0 Å². The van der Waals surface area contributed by atoms with Gasteiger partial charge in [0.1, 0.15) is 5.54 Å². The zero-order chi connectivity index (χ0) is 16.2. The number of carboxylic acid groups (broad SMARTS) is 1. The van der Waals surface area contributed by atoms with E-state index in [2.05, 4.69) is 0 Å². The molecule has 0 aliphatic heterocycles. The van der Waals surface area contributed by atoms with Gasteiger partial charge < -0.3 is 14.7 Å². The summed E-state index contributed by atoms with van der Waals surface area (Å²) in [7, 11) is 3.05. The molecule has 22 heavy (non-hydrogen) atoms. The predicted octanol–water partition coefficient (Wildman–Crippen LogP) is 2.62. The molecule has 1 N–H and O–H groups in total. The Kier molecular flexibility index (Phi) is 5.19. The van der Waals surface area contributed by atoms with Gasteiger partial charge in [0.05, 0.1) is 0 Å². The fourth-order valence-electron chi connectivity index (χ4n) is 3.22. The summed E-state index contributed by atoms with van der Waals surface area (Å²) in [5, 5.41) is 9.70. The normalized spacial score (nSPS) is 18.5. The highest BCUT2D eigenvalue weighted by Gasteiger charge is 2.46. The van der Waals surface area contributed by atoms with E-state index < -0.39 is 17.6 Å². The standard InChI is InChI=1S/C17H23NO4/c1-18(17(16(20)21)11-7-4-8-12-17)15(19)14(22-2)13-9-5-3-6-10-13/h3,5-6,9-10,14H,4,7-8,11-12H2,1-2H3,(H,20,21). The summed E-state index contributed by atoms with van der Waals surface area (Å²) in [5.74, 6) is -1.23. The number of hydrogen-bond acceptors (Lipinski definition) is 3. The number of carbonyl (C=O) groups excluding carboxylic acids is 1. The number of benzene rings is 1. The van der Waals surface area contributed by atoms with Gasteiger partial charge in [-0.25, -0.2) is 4.79 Å². The first-order valence-corrected chi connectivity index (χ1v) is 7.62. The maximum Gasteiger partial charge on any atom is 0.329 e. The van der Waals surface area contributed by atoms with Crippen LogP contribution in [0.2, 0.25) is 0 Å². The Balaban J connectivity index is 2.27. The molecule has 1 aromatic rings. The Hall–Kier alpha value is -1.88. The Morgan fingerprint density at radius 1 is 1.18 bits per heavy atom. The first-order valence-electron chi connectivity index (χ1n) is 7.62. The summed E-state index contributed by atoms with van der Waals surface area (Å²) < 4.78 is 5.35. The van der Waals surface area contributed by atoms with Crippen LogP contribution in [0.5, 0.6) is 0 Å². The molecule has 1 aliphatic carbocycles. The smallest absolute Gasteiger partial charge is 0.329 e. The maximum atomic E-state index is 12.8. The maximum absolute atomic E-state index is 12.8. The molecular formula is C17H23NO4. The van der Waals surface area contributed by atoms with E-state index in [1.165, 1.54) is 12.0 Å². The van der Waals surface area contributed by atoms with Crippen LogP contribution in [0.15, 0.2) is 30.3 Å². The SMILES string of the molecule is COC(C(=O)N(C)C1(C(=O)O)CCCCC1)c1ccccc1. The van der Waals surface area contributed by atoms with Gasteiger partial charge >= 0.3 is 5.97 Å². The summed E-state index contributed by atoms with van der Waals surface area (Å²) in [5.41, 5.74) is -0.376. The zero-order valence-electron chi connectivity index (χ0n) is 13.1. The van der Waals surface area contributed by atoms with Crippen molar-refractivity contribution in [1.29, 1.82) is 0 Å². The molecule has 1 aromatic carbocycles. The number of amides is 1. The molecule has 0 radical (unpaired) electrons. The molecule has 0 heterocycles. The Morgan fingerprint density at radius 3 is 2.27 bits per heavy atom. The van der Waals surface area contributed by atoms with Gasteiger partial charge in [-0.3, -0.25) is 4.79 Å². The first-order chi connectivity index (χ1) is 10.5. The largest absolute Gasteiger partial charge is 0.479 e. The summed E-state index contributed by atoms with van der Waals surface area (Å²) in [6.45, 7) is 0. The Bertz CT molecular complexity index is 523. The summed E-state index contributed by atoms with van der Waals surface area (Å²) in [4.78, 5) is 26.0. The third kappa shape index (κ3) is 2.99. The Morgan fingerprint density at radius 2 is 1.77 bits per heavy atom. The third-order valence-corrected chi connectivity index (χ3v) is 4.61. The number of methoxy groups -OCH3 is 1. The van der Waals surface area contributed by atoms with Crippen LogP contribution in [0.1, 0.15) is 43.8 Å². The van der Waals surface area contributed by atoms with Gasteiger partial charge in [-0.05, 0) is 18.4 Å². The molecule has 1 fully saturated rings. The van der Waals surface area contributed by atoms with Crippen LogP contribution in [-0.2, 0) is 14.3 Å². The lowest BCUT2D eigenvalue weighted by molar-refractivity contribution is -0.165. The molecule has 0 bridgehead atoms. The number of carbonyl (C=O) groups is 2. The molecule has 1 amide bonds. The van der Waals surface area contributed by atoms with Crippen LogP contribution >= 0.6 is 0 Å². The van der Waals surface area contributed by atoms with Gasteiger partial charge in [0, 0.05) is 14.2 Å². The van der Waals surface area contributed by atoms with Gasteiger partial charge in [-0.15, -0.1) is 0 Å². The number of rotatable bonds is 5. The van der Waals surface area contributed by atoms with Gasteiger partial charge in [0.15, 0.2) is 6.10 Å². The van der Waals surface area contributed by atoms with Crippen molar-refractivity contribution in [3.05, 3.63) is 35.9 Å². The van der Waals surface area contributed by atoms with Gasteiger partial charge in [-0.2, -0.15) is 0 Å². The molecule has 1 atom stereocenters. The zero-order valence-corrected chi connectivity index (χ0v) is 13.1. The molecule has 0 spiro atoms. The topological polar surface area (TPSA) is 66.8 Å². The highest BCUT2D eigenvalue weighted by Crippen LogP contribution is 2.35. The van der Waals surface area contributed by atoms with E-state index in [9.17, 15) is 14.7 Å². The van der Waals surface area contributed by atoms with Crippen LogP contribution in [-0.4, -0.2) is 41.6 Å². The van der Waals surface area contributed by atoms with Crippen molar-refractivity contribution in [2.45, 2.75) is 43.7 Å². The van der Waals surface area contributed by atoms with Crippen molar-refractivity contribution >= 4 is 11.9 Å². The highest BCUT2D eigenvalue weighted by atomic mass is 16.5. The minimum atomic E-state index is -1.11. The second-order valence-corrected chi connectivity index (χ2v) is 5.82. The van der Waals surface area contributed by atoms with E-state index >= 15 is 0 Å². The molecule has 0 saturated heterocycles. The molecule has 2 rings (SSSR count). The molecule has 1 aliphatic rings. The number of aliphatic carboxylic acids is 1. The van der Waals surface area contributed by atoms with Gasteiger partial charge in [-0.1, -0.05) is 49.6 Å². The quantitative estimate of drug-likeness (QED) is 0.908. The number of nitrogens with zero attached hydrogens (tertiary/aromatic N) is 1. The summed E-state index contributed by atoms with van der Waals surface area (Å²) in [6.07, 6.45) is 2.89. The van der Waals surface area contributed by atoms with Crippen LogP contribution in [0.3, 0.4) is 0 Å². The molecular weight excluding hydrogens is 282 g/mol. The number of hydrogen-bond donors (Lipinski definition) is 1. The summed E-state index contributed by atoms with van der Waals surface area (Å²) >= 11 is 0. The lowest BCUT2D eigenvalue weighted by Crippen LogP contribution is -2.57. The fourth-order valence-corrected chi connectivity index (χ4v) is 3.22. The second kappa shape index (κ2) is 6.92. The molecule has 120 valence electrons. The minimum absolute atomic E-state index is 0.307. The van der Waals surface area contributed by atoms with Crippen molar-refractivity contribution in [3.63, 3.8) is 0 Å². The number of likely N-dealkylation sites (N-methyl/N-ethyl adjacent to an activating group) is 1. The van der Waals surface area contributed by atoms with Crippen LogP contribution in [0.4, 0.5) is 0 Å². The van der Waals surface area contributed by atoms with Crippen LogP contribution in [0.25, 0.3) is 0 Å².